The van der Waals surface area contributed by atoms with Crippen LogP contribution < -0.4 is 11.1 Å². The van der Waals surface area contributed by atoms with E-state index in [4.69, 9.17) is 5.73 Å². The molecule has 3 N–H and O–H groups in total. The van der Waals surface area contributed by atoms with Gasteiger partial charge in [0.15, 0.2) is 0 Å². The minimum Gasteiger partial charge on any atom is -0.350 e. The molecule has 2 rings (SSSR count). The van der Waals surface area contributed by atoms with Crippen LogP contribution in [0.2, 0.25) is 0 Å². The van der Waals surface area contributed by atoms with Crippen LogP contribution in [0.3, 0.4) is 0 Å². The smallest absolute Gasteiger partial charge is 0.242 e. The molecule has 18 heavy (non-hydrogen) atoms. The van der Waals surface area contributed by atoms with Gasteiger partial charge in [-0.3, -0.25) is 4.79 Å². The maximum atomic E-state index is 11.9. The van der Waals surface area contributed by atoms with Gasteiger partial charge in [-0.25, -0.2) is 0 Å². The lowest BCUT2D eigenvalue weighted by atomic mass is 10.2. The summed E-state index contributed by atoms with van der Waals surface area (Å²) in [5, 5.41) is 4.75. The Balaban J connectivity index is 1.92. The highest BCUT2D eigenvalue weighted by atomic mass is 79.9. The molecule has 1 unspecified atom stereocenters. The highest BCUT2D eigenvalue weighted by Gasteiger charge is 2.15. The second-order valence-corrected chi connectivity index (χ2v) is 5.74. The van der Waals surface area contributed by atoms with Gasteiger partial charge in [0.05, 0.1) is 0 Å². The lowest BCUT2D eigenvalue weighted by molar-refractivity contribution is -0.122. The van der Waals surface area contributed by atoms with Crippen molar-refractivity contribution in [2.75, 3.05) is 0 Å². The van der Waals surface area contributed by atoms with Gasteiger partial charge < -0.3 is 11.1 Å². The maximum absolute atomic E-state index is 11.9. The Morgan fingerprint density at radius 2 is 2.22 bits per heavy atom. The number of hydrogen-bond donors (Lipinski definition) is 2. The van der Waals surface area contributed by atoms with Crippen molar-refractivity contribution in [3.05, 3.63) is 56.7 Å². The molecule has 2 aromatic rings. The number of carbonyl (C=O) groups excluding carboxylic acids is 1. The standard InChI is InChI=1S/C13H13BrN2OS/c14-10-4-1-3-9(7-10)8-16-13(17)12(15)11-5-2-6-18-11/h1-7,12H,8,15H2,(H,16,17). The fourth-order valence-corrected chi connectivity index (χ4v) is 2.72. The van der Waals surface area contributed by atoms with Gasteiger partial charge >= 0.3 is 0 Å². The van der Waals surface area contributed by atoms with Crippen molar-refractivity contribution in [3.8, 4) is 0 Å². The summed E-state index contributed by atoms with van der Waals surface area (Å²) in [7, 11) is 0. The molecule has 1 aromatic heterocycles. The Morgan fingerprint density at radius 1 is 1.39 bits per heavy atom. The van der Waals surface area contributed by atoms with Gasteiger partial charge in [-0.1, -0.05) is 34.1 Å². The molecule has 0 aliphatic heterocycles. The molecule has 0 saturated heterocycles. The van der Waals surface area contributed by atoms with E-state index in [-0.39, 0.29) is 5.91 Å². The molecule has 0 aliphatic rings. The first-order valence-corrected chi connectivity index (χ1v) is 7.15. The van der Waals surface area contributed by atoms with Gasteiger partial charge in [-0.15, -0.1) is 11.3 Å². The van der Waals surface area contributed by atoms with Gasteiger partial charge in [-0.2, -0.15) is 0 Å². The zero-order valence-corrected chi connectivity index (χ0v) is 12.0. The summed E-state index contributed by atoms with van der Waals surface area (Å²) >= 11 is 4.88. The predicted molar refractivity (Wildman–Crippen MR) is 77.2 cm³/mol. The molecule has 3 nitrogen and oxygen atoms in total. The fourth-order valence-electron chi connectivity index (χ4n) is 1.54. The highest BCUT2D eigenvalue weighted by molar-refractivity contribution is 9.10. The average Bonchev–Trinajstić information content (AvgIpc) is 2.89. The molecular formula is C13H13BrN2OS. The Labute approximate surface area is 118 Å². The van der Waals surface area contributed by atoms with Crippen LogP contribution >= 0.6 is 27.3 Å². The molecule has 1 amide bonds. The number of halogens is 1. The number of hydrogen-bond acceptors (Lipinski definition) is 3. The number of nitrogens with one attached hydrogen (secondary N) is 1. The SMILES string of the molecule is NC(C(=O)NCc1cccc(Br)c1)c1cccs1. The van der Waals surface area contributed by atoms with E-state index >= 15 is 0 Å². The average molecular weight is 325 g/mol. The maximum Gasteiger partial charge on any atom is 0.242 e. The number of thiophene rings is 1. The largest absolute Gasteiger partial charge is 0.350 e. The summed E-state index contributed by atoms with van der Waals surface area (Å²) in [4.78, 5) is 12.7. The second-order valence-electron chi connectivity index (χ2n) is 3.84. The van der Waals surface area contributed by atoms with E-state index in [0.717, 1.165) is 14.9 Å². The van der Waals surface area contributed by atoms with Gasteiger partial charge in [0.2, 0.25) is 5.91 Å². The van der Waals surface area contributed by atoms with E-state index in [1.807, 2.05) is 41.8 Å². The Morgan fingerprint density at radius 3 is 2.89 bits per heavy atom. The highest BCUT2D eigenvalue weighted by Crippen LogP contribution is 2.17. The third-order valence-corrected chi connectivity index (χ3v) is 3.94. The number of benzene rings is 1. The molecule has 0 fully saturated rings. The topological polar surface area (TPSA) is 55.1 Å². The van der Waals surface area contributed by atoms with Crippen LogP contribution in [0.4, 0.5) is 0 Å². The van der Waals surface area contributed by atoms with Crippen molar-refractivity contribution < 1.29 is 4.79 Å². The molecular weight excluding hydrogens is 312 g/mol. The van der Waals surface area contributed by atoms with Crippen LogP contribution in [-0.4, -0.2) is 5.91 Å². The van der Waals surface area contributed by atoms with E-state index in [9.17, 15) is 4.79 Å². The quantitative estimate of drug-likeness (QED) is 0.908. The number of amides is 1. The normalized spacial score (nSPS) is 12.1. The molecule has 1 heterocycles. The third kappa shape index (κ3) is 3.41. The minimum absolute atomic E-state index is 0.155. The second kappa shape index (κ2) is 6.13. The summed E-state index contributed by atoms with van der Waals surface area (Å²) in [6.45, 7) is 0.483. The van der Waals surface area contributed by atoms with Crippen molar-refractivity contribution in [3.63, 3.8) is 0 Å². The number of carbonyl (C=O) groups is 1. The van der Waals surface area contributed by atoms with Crippen molar-refractivity contribution in [2.24, 2.45) is 5.73 Å². The molecule has 0 radical (unpaired) electrons. The van der Waals surface area contributed by atoms with Gasteiger partial charge in [0.25, 0.3) is 0 Å². The van der Waals surface area contributed by atoms with Crippen LogP contribution in [0.5, 0.6) is 0 Å². The van der Waals surface area contributed by atoms with E-state index in [1.54, 1.807) is 0 Å². The lowest BCUT2D eigenvalue weighted by Gasteiger charge is -2.10. The van der Waals surface area contributed by atoms with Crippen molar-refractivity contribution in [1.82, 2.24) is 5.32 Å². The van der Waals surface area contributed by atoms with Gasteiger partial charge in [0.1, 0.15) is 6.04 Å². The zero-order chi connectivity index (χ0) is 13.0. The summed E-state index contributed by atoms with van der Waals surface area (Å²) in [5.41, 5.74) is 6.90. The van der Waals surface area contributed by atoms with Gasteiger partial charge in [-0.05, 0) is 29.1 Å². The van der Waals surface area contributed by atoms with Crippen LogP contribution in [0, 0.1) is 0 Å². The molecule has 94 valence electrons. The predicted octanol–water partition coefficient (Wildman–Crippen LogP) is 2.83. The van der Waals surface area contributed by atoms with Crippen molar-refractivity contribution in [2.45, 2.75) is 12.6 Å². The van der Waals surface area contributed by atoms with Crippen molar-refractivity contribution >= 4 is 33.2 Å². The van der Waals surface area contributed by atoms with Crippen LogP contribution in [0.1, 0.15) is 16.5 Å². The van der Waals surface area contributed by atoms with Gasteiger partial charge in [0, 0.05) is 15.9 Å². The zero-order valence-electron chi connectivity index (χ0n) is 9.60. The van der Waals surface area contributed by atoms with E-state index in [1.165, 1.54) is 11.3 Å². The Hall–Kier alpha value is -1.17. The Bertz CT molecular complexity index is 528. The minimum atomic E-state index is -0.586. The van der Waals surface area contributed by atoms with Crippen LogP contribution in [0.25, 0.3) is 0 Å². The van der Waals surface area contributed by atoms with Crippen LogP contribution in [0.15, 0.2) is 46.3 Å². The third-order valence-electron chi connectivity index (χ3n) is 2.49. The summed E-state index contributed by atoms with van der Waals surface area (Å²) in [6.07, 6.45) is 0. The molecule has 0 saturated carbocycles. The molecule has 0 bridgehead atoms. The van der Waals surface area contributed by atoms with E-state index in [0.29, 0.717) is 6.54 Å². The summed E-state index contributed by atoms with van der Waals surface area (Å²) in [6, 6.07) is 11.0. The van der Waals surface area contributed by atoms with E-state index < -0.39 is 6.04 Å². The molecule has 1 atom stereocenters. The number of rotatable bonds is 4. The fraction of sp³-hybridized carbons (Fsp3) is 0.154. The first kappa shape index (κ1) is 13.3. The first-order valence-electron chi connectivity index (χ1n) is 5.48. The molecule has 0 spiro atoms. The molecule has 1 aromatic carbocycles. The lowest BCUT2D eigenvalue weighted by Crippen LogP contribution is -2.33. The molecule has 5 heteroatoms. The monoisotopic (exact) mass is 324 g/mol. The molecule has 0 aliphatic carbocycles. The first-order chi connectivity index (χ1) is 8.66. The summed E-state index contributed by atoms with van der Waals surface area (Å²) in [5.74, 6) is -0.155. The van der Waals surface area contributed by atoms with Crippen LogP contribution in [-0.2, 0) is 11.3 Å². The number of nitrogens with two attached hydrogens (primary N) is 1. The van der Waals surface area contributed by atoms with E-state index in [2.05, 4.69) is 21.2 Å². The summed E-state index contributed by atoms with van der Waals surface area (Å²) < 4.78 is 0.997. The Kier molecular flexibility index (Phi) is 4.52. The van der Waals surface area contributed by atoms with Crippen molar-refractivity contribution in [1.29, 1.82) is 0 Å².